The Morgan fingerprint density at radius 3 is 2.20 bits per heavy atom. The molecule has 0 saturated carbocycles. The molecule has 240 valence electrons. The van der Waals surface area contributed by atoms with Crippen LogP contribution in [-0.2, 0) is 22.6 Å². The van der Waals surface area contributed by atoms with Crippen LogP contribution in [0.15, 0.2) is 54.6 Å². The van der Waals surface area contributed by atoms with E-state index in [-0.39, 0.29) is 53.3 Å². The molecule has 0 heterocycles. The first-order chi connectivity index (χ1) is 21.4. The summed E-state index contributed by atoms with van der Waals surface area (Å²) in [5, 5.41) is 15.3. The van der Waals surface area contributed by atoms with Gasteiger partial charge in [0, 0.05) is 36.0 Å². The van der Waals surface area contributed by atoms with Gasteiger partial charge in [-0.2, -0.15) is 0 Å². The Balaban J connectivity index is 1.82. The number of benzene rings is 3. The first-order valence-corrected chi connectivity index (χ1v) is 13.5. The first kappa shape index (κ1) is 34.6. The number of alkyl halides is 4. The molecule has 0 aliphatic rings. The van der Waals surface area contributed by atoms with Crippen molar-refractivity contribution < 1.29 is 46.1 Å². The third-order valence-corrected chi connectivity index (χ3v) is 6.20. The van der Waals surface area contributed by atoms with Crippen LogP contribution in [0.3, 0.4) is 0 Å². The minimum Gasteiger partial charge on any atom is -0.487 e. The second-order valence-corrected chi connectivity index (χ2v) is 10.1. The molecule has 0 spiro atoms. The maximum absolute atomic E-state index is 14.8. The maximum Gasteiger partial charge on any atom is 0.330 e. The standard InChI is InChI=1S/C31H31F5N4O5/c1-37-21-6-8-22(9-7-21)39-29(31(42)43)19-4-10-25(44-16-26(33)34)18(12-19)5-11-28(41)38-23-13-20(15-40(2)3)30(24(32)14-23)45-17-27(35)36/h4,6-10,12-14,26-27,29,39H,5,11,15-17H2,2-3H3,(H,38,41)(H,42,43). The molecule has 1 unspecified atom stereocenters. The van der Waals surface area contributed by atoms with Gasteiger partial charge < -0.3 is 30.1 Å². The van der Waals surface area contributed by atoms with Gasteiger partial charge in [-0.15, -0.1) is 0 Å². The Bertz CT molecular complexity index is 1510. The van der Waals surface area contributed by atoms with E-state index in [4.69, 9.17) is 16.0 Å². The quantitative estimate of drug-likeness (QED) is 0.122. The van der Waals surface area contributed by atoms with E-state index < -0.39 is 49.8 Å². The number of carbonyl (C=O) groups is 2. The average molecular weight is 635 g/mol. The first-order valence-electron chi connectivity index (χ1n) is 13.5. The number of carboxylic acids is 1. The van der Waals surface area contributed by atoms with Crippen molar-refractivity contribution in [3.05, 3.63) is 88.5 Å². The number of ether oxygens (including phenoxy) is 2. The second-order valence-electron chi connectivity index (χ2n) is 10.1. The minimum atomic E-state index is -2.82. The van der Waals surface area contributed by atoms with Crippen molar-refractivity contribution in [3.63, 3.8) is 0 Å². The van der Waals surface area contributed by atoms with E-state index in [0.717, 1.165) is 6.07 Å². The molecule has 0 bridgehead atoms. The lowest BCUT2D eigenvalue weighted by atomic mass is 9.99. The molecule has 45 heavy (non-hydrogen) atoms. The lowest BCUT2D eigenvalue weighted by molar-refractivity contribution is -0.138. The fourth-order valence-corrected chi connectivity index (χ4v) is 4.31. The van der Waals surface area contributed by atoms with Crippen LogP contribution in [0.5, 0.6) is 11.5 Å². The maximum atomic E-state index is 14.8. The molecule has 0 aliphatic carbocycles. The zero-order chi connectivity index (χ0) is 33.1. The molecule has 0 aromatic heterocycles. The van der Waals surface area contributed by atoms with Crippen molar-refractivity contribution in [3.8, 4) is 11.5 Å². The van der Waals surface area contributed by atoms with Gasteiger partial charge in [-0.3, -0.25) is 4.79 Å². The van der Waals surface area contributed by atoms with Crippen LogP contribution >= 0.6 is 0 Å². The SMILES string of the molecule is [C-]#[N+]c1ccc(NC(C(=O)O)c2ccc(OCC(F)F)c(CCC(=O)Nc3cc(F)c(OCC(F)F)c(CN(C)C)c3)c2)cc1. The molecule has 1 atom stereocenters. The highest BCUT2D eigenvalue weighted by Gasteiger charge is 2.22. The topological polar surface area (TPSA) is 104 Å². The van der Waals surface area contributed by atoms with E-state index in [1.807, 2.05) is 0 Å². The highest BCUT2D eigenvalue weighted by atomic mass is 19.3. The van der Waals surface area contributed by atoms with Gasteiger partial charge in [-0.25, -0.2) is 31.6 Å². The third-order valence-electron chi connectivity index (χ3n) is 6.20. The predicted molar refractivity (Wildman–Crippen MR) is 157 cm³/mol. The van der Waals surface area contributed by atoms with Crippen LogP contribution in [0.1, 0.15) is 29.2 Å². The summed E-state index contributed by atoms with van der Waals surface area (Å²) in [6.07, 6.45) is -5.90. The third kappa shape index (κ3) is 10.6. The van der Waals surface area contributed by atoms with Gasteiger partial charge >= 0.3 is 5.97 Å². The molecular formula is C31H31F5N4O5. The summed E-state index contributed by atoms with van der Waals surface area (Å²) >= 11 is 0. The Hall–Kier alpha value is -4.90. The molecule has 14 heteroatoms. The highest BCUT2D eigenvalue weighted by Crippen LogP contribution is 2.31. The summed E-state index contributed by atoms with van der Waals surface area (Å²) in [4.78, 5) is 30.0. The van der Waals surface area contributed by atoms with Crippen LogP contribution in [0.4, 0.5) is 39.0 Å². The molecule has 1 amide bonds. The summed E-state index contributed by atoms with van der Waals surface area (Å²) in [7, 11) is 3.36. The van der Waals surface area contributed by atoms with E-state index in [1.54, 1.807) is 31.1 Å². The van der Waals surface area contributed by atoms with Gasteiger partial charge in [-0.05, 0) is 62.0 Å². The van der Waals surface area contributed by atoms with Crippen LogP contribution in [0.2, 0.25) is 0 Å². The molecule has 0 radical (unpaired) electrons. The second kappa shape index (κ2) is 16.2. The van der Waals surface area contributed by atoms with Crippen LogP contribution in [0, 0.1) is 12.4 Å². The van der Waals surface area contributed by atoms with E-state index in [0.29, 0.717) is 11.4 Å². The largest absolute Gasteiger partial charge is 0.487 e. The fourth-order valence-electron chi connectivity index (χ4n) is 4.31. The summed E-state index contributed by atoms with van der Waals surface area (Å²) in [5.74, 6) is -3.12. The number of hydrogen-bond donors (Lipinski definition) is 3. The Morgan fingerprint density at radius 2 is 1.60 bits per heavy atom. The van der Waals surface area contributed by atoms with Crippen molar-refractivity contribution in [2.24, 2.45) is 0 Å². The monoisotopic (exact) mass is 634 g/mol. The van der Waals surface area contributed by atoms with Crippen molar-refractivity contribution >= 4 is 28.9 Å². The van der Waals surface area contributed by atoms with Crippen molar-refractivity contribution in [1.29, 1.82) is 0 Å². The van der Waals surface area contributed by atoms with Gasteiger partial charge in [0.2, 0.25) is 5.91 Å². The number of nitrogens with zero attached hydrogens (tertiary/aromatic N) is 2. The molecule has 3 aromatic rings. The Morgan fingerprint density at radius 1 is 0.933 bits per heavy atom. The van der Waals surface area contributed by atoms with E-state index in [2.05, 4.69) is 15.5 Å². The number of carbonyl (C=O) groups excluding carboxylic acids is 1. The number of halogens is 5. The van der Waals surface area contributed by atoms with Gasteiger partial charge in [0.15, 0.2) is 23.3 Å². The van der Waals surface area contributed by atoms with Gasteiger partial charge in [-0.1, -0.05) is 18.2 Å². The number of rotatable bonds is 16. The normalized spacial score (nSPS) is 11.8. The average Bonchev–Trinajstić information content (AvgIpc) is 2.97. The Labute approximate surface area is 256 Å². The van der Waals surface area contributed by atoms with Gasteiger partial charge in [0.1, 0.15) is 19.0 Å². The van der Waals surface area contributed by atoms with Gasteiger partial charge in [0.05, 0.1) is 6.57 Å². The smallest absolute Gasteiger partial charge is 0.330 e. The number of carboxylic acid groups (broad SMARTS) is 1. The summed E-state index contributed by atoms with van der Waals surface area (Å²) < 4.78 is 76.1. The van der Waals surface area contributed by atoms with Crippen LogP contribution < -0.4 is 20.1 Å². The number of aliphatic carboxylic acids is 1. The van der Waals surface area contributed by atoms with Crippen LogP contribution in [-0.4, -0.2) is 62.0 Å². The summed E-state index contributed by atoms with van der Waals surface area (Å²) in [6.45, 7) is 5.24. The van der Waals surface area contributed by atoms with Crippen molar-refractivity contribution in [2.45, 2.75) is 38.3 Å². The number of aryl methyl sites for hydroxylation is 1. The fraction of sp³-hybridized carbons (Fsp3) is 0.323. The molecule has 3 rings (SSSR count). The zero-order valence-electron chi connectivity index (χ0n) is 24.3. The lowest BCUT2D eigenvalue weighted by Crippen LogP contribution is -2.21. The van der Waals surface area contributed by atoms with Crippen LogP contribution in [0.25, 0.3) is 4.85 Å². The van der Waals surface area contributed by atoms with Gasteiger partial charge in [0.25, 0.3) is 12.9 Å². The zero-order valence-corrected chi connectivity index (χ0v) is 24.3. The molecule has 3 N–H and O–H groups in total. The molecular weight excluding hydrogens is 603 g/mol. The predicted octanol–water partition coefficient (Wildman–Crippen LogP) is 6.53. The summed E-state index contributed by atoms with van der Waals surface area (Å²) in [5.41, 5.74) is 1.56. The number of anilines is 2. The number of nitrogens with one attached hydrogen (secondary N) is 2. The Kier molecular flexibility index (Phi) is 12.5. The number of hydrogen-bond acceptors (Lipinski definition) is 6. The molecule has 0 saturated heterocycles. The van der Waals surface area contributed by atoms with E-state index in [9.17, 15) is 36.6 Å². The van der Waals surface area contributed by atoms with Crippen molar-refractivity contribution in [1.82, 2.24) is 4.90 Å². The molecule has 3 aromatic carbocycles. The van der Waals surface area contributed by atoms with E-state index in [1.165, 1.54) is 36.4 Å². The van der Waals surface area contributed by atoms with Crippen molar-refractivity contribution in [2.75, 3.05) is 37.9 Å². The highest BCUT2D eigenvalue weighted by molar-refractivity contribution is 5.91. The van der Waals surface area contributed by atoms with E-state index >= 15 is 0 Å². The molecule has 9 nitrogen and oxygen atoms in total. The summed E-state index contributed by atoms with van der Waals surface area (Å²) in [6, 6.07) is 11.3. The minimum absolute atomic E-state index is 0.0252. The number of amides is 1. The lowest BCUT2D eigenvalue weighted by Gasteiger charge is -2.19. The molecule has 0 fully saturated rings. The molecule has 0 aliphatic heterocycles.